The van der Waals surface area contributed by atoms with Crippen LogP contribution in [-0.2, 0) is 9.53 Å². The number of ketones is 2. The van der Waals surface area contributed by atoms with Crippen LogP contribution in [0.25, 0.3) is 125 Å². The predicted molar refractivity (Wildman–Crippen MR) is 538 cm³/mol. The molecule has 20 rings (SSSR count). The van der Waals surface area contributed by atoms with E-state index in [1.54, 1.807) is 80.9 Å². The first kappa shape index (κ1) is 101. The Morgan fingerprint density at radius 1 is 0.375 bits per heavy atom. The number of phenols is 3. The van der Waals surface area contributed by atoms with Crippen molar-refractivity contribution < 1.29 is 108 Å². The molecule has 0 aliphatic heterocycles. The second-order valence-electron chi connectivity index (χ2n) is 28.0. The SMILES string of the molecule is COC(=O)c1ccccc1S.COc1cc(F)c(C(=O)CCl)c(OC)c1.COc1cc(F)cc(OC)c1.COc1cc(OC)c2c(=O)c3sc4ccccc4c3oc2c1.COc1ccc(C(=O)CBr)c(F)c1.COc1ccc2c(=O)c3sc4ccccc4c3oc2c1.O=C(Cl)CCl.O=c1c2ccc(O)cc2oc2c1sc1ccccc12.O=c1c2sc3ccccc3c2oc2cc(O)cc(O)c12. The Morgan fingerprint density at radius 2 is 0.757 bits per heavy atom. The fourth-order valence-electron chi connectivity index (χ4n) is 13.4. The highest BCUT2D eigenvalue weighted by Gasteiger charge is 2.24. The van der Waals surface area contributed by atoms with Gasteiger partial charge in [-0.2, -0.15) is 0 Å². The van der Waals surface area contributed by atoms with Gasteiger partial charge < -0.3 is 75.6 Å². The van der Waals surface area contributed by atoms with Crippen LogP contribution in [0, 0.1) is 17.5 Å². The number of fused-ring (bicyclic) bond motifs is 16. The van der Waals surface area contributed by atoms with Crippen molar-refractivity contribution in [3.8, 4) is 63.2 Å². The molecule has 0 radical (unpaired) electrons. The van der Waals surface area contributed by atoms with E-state index >= 15 is 0 Å². The first-order chi connectivity index (χ1) is 65.5. The van der Waals surface area contributed by atoms with E-state index in [0.29, 0.717) is 119 Å². The maximum Gasteiger partial charge on any atom is 0.338 e. The summed E-state index contributed by atoms with van der Waals surface area (Å²) in [5.41, 5.74) is 4.07. The number of halogens is 7. The molecule has 0 fully saturated rings. The quantitative estimate of drug-likeness (QED) is 0.0258. The van der Waals surface area contributed by atoms with Crippen LogP contribution < -0.4 is 59.6 Å². The lowest BCUT2D eigenvalue weighted by Crippen LogP contribution is -2.07. The van der Waals surface area contributed by atoms with Gasteiger partial charge in [0.2, 0.25) is 27.0 Å². The second kappa shape index (κ2) is 46.4. The standard InChI is InChI=1S/C17H12O4S.C16H10O3S.C15H8O4S.C15H8O3S.C10H10ClFO3.C9H8BrFO2.C8H9FO2.C8H8O2S.C2H2Cl2O/c1-19-9-7-11(20-2)14-12(8-9)21-16-10-5-3-4-6-13(10)22-17(16)15(14)18;1-18-9-6-7-10-12(8-9)19-15-11-4-2-3-5-13(11)20-16(15)14(10)17;16-7-5-9(17)12-10(6-7)19-14-8-3-1-2-4-11(8)20-15(14)13(12)18;16-8-5-6-9-11(7-8)18-14-10-3-1-2-4-12(10)19-15(14)13(9)17;1-14-6-3-7(12)10(8(13)5-11)9(4-6)15-2;1-13-6-2-3-7(8(11)4-6)9(12)5-10;1-10-7-3-6(9)4-8(5-7)11-2;1-10-8(9)6-4-2-3-5-7(6)11;3-1-2(4)5/h3-8H,1-2H3;2-8H,1H3;1-6,16-17H;1-7,16H;3-4H,5H2,1-2H3;2-4H,5H2,1H3;3-5H,1-2H3;2-5,11H,1H3;1H2. The Morgan fingerprint density at radius 3 is 1.21 bits per heavy atom. The normalized spacial score (nSPS) is 10.7. The average molecular weight is 2060 g/mol. The molecule has 20 aromatic rings. The highest BCUT2D eigenvalue weighted by atomic mass is 79.9. The Kier molecular flexibility index (Phi) is 34.5. The van der Waals surface area contributed by atoms with Crippen molar-refractivity contribution in [1.82, 2.24) is 0 Å². The fourth-order valence-corrected chi connectivity index (χ4v) is 18.4. The fraction of sp³-hybridized carbons (Fsp3) is 0.120. The average Bonchev–Trinajstić information content (AvgIpc) is 1.49. The Bertz CT molecular complexity index is 8130. The van der Waals surface area contributed by atoms with Gasteiger partial charge in [0, 0.05) is 118 Å². The lowest BCUT2D eigenvalue weighted by molar-refractivity contribution is -0.109. The molecule has 0 saturated carbocycles. The number of methoxy groups -OCH3 is 9. The van der Waals surface area contributed by atoms with Gasteiger partial charge in [-0.15, -0.1) is 81.2 Å². The molecule has 8 heterocycles. The third-order valence-electron chi connectivity index (χ3n) is 19.7. The molecule has 0 amide bonds. The van der Waals surface area contributed by atoms with Crippen molar-refractivity contribution in [2.75, 3.05) is 81.1 Å². The number of Topliss-reactive ketones (excluding diaryl/α,β-unsaturated/α-hetero) is 2. The molecule has 3 N–H and O–H groups in total. The minimum Gasteiger partial charge on any atom is -0.508 e. The second-order valence-corrected chi connectivity index (χ2v) is 34.2. The summed E-state index contributed by atoms with van der Waals surface area (Å²) in [6, 6.07) is 64.7. The molecular formula is C100H75BrCl3F3O24S5. The van der Waals surface area contributed by atoms with Crippen LogP contribution in [0.15, 0.2) is 272 Å². The number of thiophene rings is 4. The van der Waals surface area contributed by atoms with Gasteiger partial charge in [0.1, 0.15) is 133 Å². The smallest absolute Gasteiger partial charge is 0.338 e. The third-order valence-corrected chi connectivity index (χ3v) is 26.0. The molecule has 24 nitrogen and oxygen atoms in total. The zero-order chi connectivity index (χ0) is 97.9. The number of phenolic OH excluding ortho intramolecular Hbond substituents is 3. The van der Waals surface area contributed by atoms with Gasteiger partial charge in [-0.25, -0.2) is 18.0 Å². The minimum absolute atomic E-state index is 0.0186. The zero-order valence-corrected chi connectivity index (χ0v) is 80.7. The first-order valence-corrected chi connectivity index (χ1v) is 46.0. The molecule has 0 saturated heterocycles. The summed E-state index contributed by atoms with van der Waals surface area (Å²) in [4.78, 5) is 93.8. The number of thiol groups is 1. The third kappa shape index (κ3) is 23.0. The molecule has 0 aliphatic rings. The Balaban J connectivity index is 0.000000140. The Hall–Kier alpha value is -13.9. The van der Waals surface area contributed by atoms with Gasteiger partial charge >= 0.3 is 5.97 Å². The maximum absolute atomic E-state index is 13.5. The van der Waals surface area contributed by atoms with Gasteiger partial charge in [-0.05, 0) is 109 Å². The van der Waals surface area contributed by atoms with E-state index in [1.165, 1.54) is 144 Å². The number of aromatic hydroxyl groups is 3. The topological polar surface area (TPSA) is 333 Å². The van der Waals surface area contributed by atoms with Crippen LogP contribution >= 0.6 is 109 Å². The molecule has 698 valence electrons. The maximum atomic E-state index is 13.5. The summed E-state index contributed by atoms with van der Waals surface area (Å²) in [5.74, 6) is 0.000804. The summed E-state index contributed by atoms with van der Waals surface area (Å²) < 4.78 is 114. The van der Waals surface area contributed by atoms with Crippen molar-refractivity contribution >= 4 is 257 Å². The lowest BCUT2D eigenvalue weighted by atomic mass is 10.1. The molecule has 12 aromatic carbocycles. The number of carbonyl (C=O) groups is 4. The van der Waals surface area contributed by atoms with Gasteiger partial charge in [-0.1, -0.05) is 76.6 Å². The van der Waals surface area contributed by atoms with E-state index in [-0.39, 0.29) is 107 Å². The largest absolute Gasteiger partial charge is 0.508 e. The van der Waals surface area contributed by atoms with Crippen LogP contribution in [0.2, 0.25) is 0 Å². The molecular weight excluding hydrogens is 1990 g/mol. The summed E-state index contributed by atoms with van der Waals surface area (Å²) in [7, 11) is 13.2. The van der Waals surface area contributed by atoms with Crippen LogP contribution in [0.5, 0.6) is 63.2 Å². The molecule has 36 heteroatoms. The molecule has 0 aliphatic carbocycles. The summed E-state index contributed by atoms with van der Waals surface area (Å²) >= 11 is 27.7. The highest BCUT2D eigenvalue weighted by Crippen LogP contribution is 2.42. The Labute approximate surface area is 813 Å². The minimum atomic E-state index is -0.697. The number of benzene rings is 12. The van der Waals surface area contributed by atoms with Gasteiger partial charge in [-0.3, -0.25) is 33.6 Å². The molecule has 0 atom stereocenters. The van der Waals surface area contributed by atoms with Gasteiger partial charge in [0.25, 0.3) is 0 Å². The van der Waals surface area contributed by atoms with Crippen molar-refractivity contribution in [3.63, 3.8) is 0 Å². The zero-order valence-electron chi connectivity index (χ0n) is 72.7. The lowest BCUT2D eigenvalue weighted by Gasteiger charge is -2.09. The van der Waals surface area contributed by atoms with E-state index in [0.717, 1.165) is 52.5 Å². The number of carbonyl (C=O) groups excluding carboxylic acids is 4. The molecule has 8 aromatic heterocycles. The number of rotatable bonds is 14. The van der Waals surface area contributed by atoms with Crippen LogP contribution in [0.3, 0.4) is 0 Å². The van der Waals surface area contributed by atoms with E-state index in [2.05, 4.69) is 33.3 Å². The summed E-state index contributed by atoms with van der Waals surface area (Å²) in [6.45, 7) is 0. The predicted octanol–water partition coefficient (Wildman–Crippen LogP) is 25.1. The van der Waals surface area contributed by atoms with Crippen molar-refractivity contribution in [2.24, 2.45) is 0 Å². The van der Waals surface area contributed by atoms with Gasteiger partial charge in [0.05, 0.1) is 109 Å². The van der Waals surface area contributed by atoms with Crippen LogP contribution in [0.4, 0.5) is 13.2 Å². The van der Waals surface area contributed by atoms with E-state index in [4.69, 9.17) is 90.4 Å². The van der Waals surface area contributed by atoms with Gasteiger partial charge in [0.15, 0.2) is 33.9 Å². The molecule has 0 bridgehead atoms. The number of hydrogen-bond donors (Lipinski definition) is 4. The number of esters is 1. The highest BCUT2D eigenvalue weighted by molar-refractivity contribution is 9.09. The first-order valence-electron chi connectivity index (χ1n) is 39.7. The number of alkyl halides is 3. The van der Waals surface area contributed by atoms with E-state index in [9.17, 15) is 66.8 Å². The van der Waals surface area contributed by atoms with Crippen molar-refractivity contribution in [2.45, 2.75) is 4.90 Å². The molecule has 0 spiro atoms. The monoisotopic (exact) mass is 2060 g/mol. The molecule has 136 heavy (non-hydrogen) atoms. The summed E-state index contributed by atoms with van der Waals surface area (Å²) in [6.07, 6.45) is 0. The van der Waals surface area contributed by atoms with Crippen molar-refractivity contribution in [1.29, 1.82) is 0 Å². The van der Waals surface area contributed by atoms with Crippen molar-refractivity contribution in [3.05, 3.63) is 306 Å². The van der Waals surface area contributed by atoms with Crippen LogP contribution in [-0.4, -0.2) is 119 Å². The summed E-state index contributed by atoms with van der Waals surface area (Å²) in [5, 5.41) is 33.8. The number of hydrogen-bond acceptors (Lipinski definition) is 29. The number of ether oxygens (including phenoxy) is 9. The van der Waals surface area contributed by atoms with E-state index in [1.807, 2.05) is 103 Å². The molecule has 0 unspecified atom stereocenters. The van der Waals surface area contributed by atoms with E-state index < -0.39 is 22.7 Å². The van der Waals surface area contributed by atoms with Crippen LogP contribution in [0.1, 0.15) is 31.1 Å².